The molecule has 22 nitrogen and oxygen atoms in total. The Bertz CT molecular complexity index is 4150. The summed E-state index contributed by atoms with van der Waals surface area (Å²) in [4.78, 5) is 70.9. The number of para-hydroxylation sites is 1. The van der Waals surface area contributed by atoms with Crippen molar-refractivity contribution in [3.63, 3.8) is 0 Å². The molecule has 4 fully saturated rings. The first-order chi connectivity index (χ1) is 42.2. The van der Waals surface area contributed by atoms with Crippen molar-refractivity contribution in [3.8, 4) is 62.9 Å². The zero-order chi connectivity index (χ0) is 60.2. The minimum Gasteiger partial charge on any atom is -0.496 e. The van der Waals surface area contributed by atoms with Gasteiger partial charge in [-0.15, -0.1) is 0 Å². The van der Waals surface area contributed by atoms with Gasteiger partial charge in [-0.3, -0.25) is 14.4 Å². The number of hydrogen-bond donors (Lipinski definition) is 3. The molecule has 1 aliphatic heterocycles. The van der Waals surface area contributed by atoms with E-state index in [1.807, 2.05) is 54.1 Å². The lowest BCUT2D eigenvalue weighted by Gasteiger charge is -2.32. The molecular formula is C62H63F3N14O8. The highest BCUT2D eigenvalue weighted by Gasteiger charge is 2.45. The molecule has 8 aromatic heterocycles. The van der Waals surface area contributed by atoms with Crippen molar-refractivity contribution >= 4 is 67.9 Å². The van der Waals surface area contributed by atoms with Gasteiger partial charge in [-0.05, 0) is 80.8 Å². The first kappa shape index (κ1) is 56.8. The largest absolute Gasteiger partial charge is 0.496 e. The number of methoxy groups -OCH3 is 2. The lowest BCUT2D eigenvalue weighted by molar-refractivity contribution is -0.118. The topological polar surface area (TPSA) is 232 Å². The van der Waals surface area contributed by atoms with Crippen LogP contribution in [0.4, 0.5) is 30.6 Å². The summed E-state index contributed by atoms with van der Waals surface area (Å²) >= 11 is 0. The number of alkyl halides is 2. The molecule has 3 saturated carbocycles. The third-order valence-corrected chi connectivity index (χ3v) is 16.8. The van der Waals surface area contributed by atoms with Gasteiger partial charge in [-0.25, -0.2) is 43.1 Å². The first-order valence-electron chi connectivity index (χ1n) is 28.8. The number of likely N-dealkylation sites (N-methyl/N-ethyl adjacent to an activating group) is 1. The number of hydrogen-bond acceptors (Lipinski definition) is 16. The number of halogens is 3. The van der Waals surface area contributed by atoms with Crippen LogP contribution >= 0.6 is 0 Å². The molecule has 9 heterocycles. The zero-order valence-corrected chi connectivity index (χ0v) is 48.4. The minimum atomic E-state index is -1.18. The third kappa shape index (κ3) is 11.5. The number of carbonyl (C=O) groups excluding carboxylic acids is 3. The van der Waals surface area contributed by atoms with Crippen LogP contribution in [0, 0.1) is 29.5 Å². The van der Waals surface area contributed by atoms with Gasteiger partial charge in [-0.2, -0.15) is 0 Å². The molecule has 25 heteroatoms. The van der Waals surface area contributed by atoms with Crippen molar-refractivity contribution in [1.82, 2.24) is 53.4 Å². The summed E-state index contributed by atoms with van der Waals surface area (Å²) in [5.41, 5.74) is 5.33. The number of fused-ring (bicyclic) bond motifs is 3. The van der Waals surface area contributed by atoms with Crippen LogP contribution in [0.2, 0.25) is 0 Å². The Morgan fingerprint density at radius 1 is 0.575 bits per heavy atom. The lowest BCUT2D eigenvalue weighted by atomic mass is 10.1. The van der Waals surface area contributed by atoms with Crippen LogP contribution < -0.4 is 39.6 Å². The van der Waals surface area contributed by atoms with E-state index in [1.54, 1.807) is 55.5 Å². The van der Waals surface area contributed by atoms with Crippen molar-refractivity contribution in [2.75, 3.05) is 89.8 Å². The number of nitrogens with zero attached hydrogens (tertiary/aromatic N) is 11. The predicted molar refractivity (Wildman–Crippen MR) is 318 cm³/mol. The second kappa shape index (κ2) is 23.5. The van der Waals surface area contributed by atoms with Crippen molar-refractivity contribution in [2.24, 2.45) is 37.8 Å². The molecule has 450 valence electrons. The summed E-state index contributed by atoms with van der Waals surface area (Å²) in [7, 11) is 8.68. The Morgan fingerprint density at radius 2 is 1.08 bits per heavy atom. The number of aryl methyl sites for hydroxylation is 2. The summed E-state index contributed by atoms with van der Waals surface area (Å²) in [6.45, 7) is 5.10. The van der Waals surface area contributed by atoms with Gasteiger partial charge in [0.25, 0.3) is 0 Å². The number of pyridine rings is 4. The molecule has 0 spiro atoms. The van der Waals surface area contributed by atoms with Crippen LogP contribution in [-0.2, 0) is 35.0 Å². The second-order valence-corrected chi connectivity index (χ2v) is 22.6. The maximum absolute atomic E-state index is 15.6. The van der Waals surface area contributed by atoms with Crippen LogP contribution in [0.15, 0.2) is 91.8 Å². The number of aromatic nitrogens is 9. The van der Waals surface area contributed by atoms with Gasteiger partial charge >= 0.3 is 0 Å². The number of rotatable bonds is 22. The number of carbonyl (C=O) groups is 3. The Morgan fingerprint density at radius 3 is 1.64 bits per heavy atom. The van der Waals surface area contributed by atoms with Crippen molar-refractivity contribution < 1.29 is 51.2 Å². The van der Waals surface area contributed by atoms with E-state index in [-0.39, 0.29) is 85.1 Å². The average molecular weight is 1190 g/mol. The summed E-state index contributed by atoms with van der Waals surface area (Å²) < 4.78 is 79.7. The predicted octanol–water partition coefficient (Wildman–Crippen LogP) is 8.10. The van der Waals surface area contributed by atoms with E-state index < -0.39 is 41.8 Å². The molecule has 6 unspecified atom stereocenters. The Kier molecular flexibility index (Phi) is 15.3. The summed E-state index contributed by atoms with van der Waals surface area (Å²) in [5.74, 6) is -1.05. The van der Waals surface area contributed by atoms with E-state index >= 15 is 4.39 Å². The number of ether oxygens (including phenoxy) is 5. The maximum Gasteiger partial charge on any atom is 0.231 e. The molecule has 3 N–H and O–H groups in total. The SMILES string of the molecule is COc1ccccc1-c1cc2cc(NC(=O)C3CC3CN3CCN(C)CC3)ncc2n1CCOc1ncnc(OCCOc2ncc(F)c(OC)c2-c2cc3cc(NC(=O)C4CC4F)ncc3n2C)c1-c1cc2cc(NC(=O)C3CC3F)ncc2n1C. The monoisotopic (exact) mass is 1190 g/mol. The number of piperazine rings is 1. The van der Waals surface area contributed by atoms with Crippen LogP contribution in [0.1, 0.15) is 19.3 Å². The van der Waals surface area contributed by atoms with Gasteiger partial charge < -0.3 is 63.1 Å². The highest BCUT2D eigenvalue weighted by molar-refractivity contribution is 5.99. The van der Waals surface area contributed by atoms with Crippen molar-refractivity contribution in [2.45, 2.75) is 38.2 Å². The standard InChI is InChI=1S/C62H63F3N14O8/c1-75-10-12-78(13-11-75)31-36-18-38(36)57(80)72-53-24-35-19-44(37-8-6-7-9-50(37)83-4)79(49(35)30-68-53)14-15-85-61-55(46-21-34-23-52(67-29-48(34)77(46)3)74-59(82)40-26-42(40)64)62(71-32-70-61)87-17-16-86-60-54(56(84-5)43(65)27-69-60)45-20-33-22-51(66-28-47(33)76(45)2)73-58(81)39-25-41(39)63/h6-9,19-24,27-30,32,36,38-42H,10-18,25-26,31H2,1-5H3,(H,66,73,81)(H,67,74,82)(H,68,72,80). The fourth-order valence-electron chi connectivity index (χ4n) is 11.6. The van der Waals surface area contributed by atoms with E-state index in [0.717, 1.165) is 67.5 Å². The molecule has 0 bridgehead atoms. The van der Waals surface area contributed by atoms with E-state index in [0.29, 0.717) is 62.8 Å². The van der Waals surface area contributed by atoms with Gasteiger partial charge in [0.1, 0.15) is 72.8 Å². The van der Waals surface area contributed by atoms with Gasteiger partial charge in [0, 0.05) is 74.5 Å². The van der Waals surface area contributed by atoms with E-state index in [9.17, 15) is 23.2 Å². The van der Waals surface area contributed by atoms with E-state index in [2.05, 4.69) is 62.3 Å². The summed E-state index contributed by atoms with van der Waals surface area (Å²) in [6, 6.07) is 18.6. The Labute approximate surface area is 497 Å². The van der Waals surface area contributed by atoms with Crippen LogP contribution in [-0.4, -0.2) is 157 Å². The number of anilines is 3. The van der Waals surface area contributed by atoms with E-state index in [1.165, 1.54) is 13.4 Å². The van der Waals surface area contributed by atoms with Crippen LogP contribution in [0.25, 0.3) is 66.5 Å². The van der Waals surface area contributed by atoms with E-state index in [4.69, 9.17) is 28.7 Å². The fourth-order valence-corrected chi connectivity index (χ4v) is 11.6. The van der Waals surface area contributed by atoms with Gasteiger partial charge in [0.2, 0.25) is 35.4 Å². The number of benzene rings is 1. The van der Waals surface area contributed by atoms with Gasteiger partial charge in [0.15, 0.2) is 11.6 Å². The molecule has 6 atom stereocenters. The summed E-state index contributed by atoms with van der Waals surface area (Å²) in [6.07, 6.45) is 6.06. The Balaban J connectivity index is 0.774. The molecular weight excluding hydrogens is 1130 g/mol. The number of amides is 3. The maximum atomic E-state index is 15.6. The molecule has 3 aliphatic carbocycles. The van der Waals surface area contributed by atoms with Gasteiger partial charge in [0.05, 0.1) is 91.0 Å². The average Bonchev–Trinajstić information content (AvgIpc) is 2.83. The fraction of sp³-hybridized carbons (Fsp3) is 0.371. The normalized spacial score (nSPS) is 19.9. The highest BCUT2D eigenvalue weighted by Crippen LogP contribution is 2.44. The molecule has 9 aromatic rings. The minimum absolute atomic E-state index is 0.0245. The number of nitrogens with one attached hydrogen (secondary N) is 3. The summed E-state index contributed by atoms with van der Waals surface area (Å²) in [5, 5.41) is 10.7. The molecule has 4 aliphatic rings. The smallest absolute Gasteiger partial charge is 0.231 e. The molecule has 0 radical (unpaired) electrons. The van der Waals surface area contributed by atoms with Crippen LogP contribution in [0.5, 0.6) is 29.1 Å². The lowest BCUT2D eigenvalue weighted by Crippen LogP contribution is -2.45. The first-order valence-corrected chi connectivity index (χ1v) is 28.8. The zero-order valence-electron chi connectivity index (χ0n) is 48.4. The molecule has 87 heavy (non-hydrogen) atoms. The molecule has 13 rings (SSSR count). The van der Waals surface area contributed by atoms with Crippen molar-refractivity contribution in [3.05, 3.63) is 97.6 Å². The van der Waals surface area contributed by atoms with Gasteiger partial charge in [-0.1, -0.05) is 12.1 Å². The molecule has 1 aromatic carbocycles. The molecule has 3 amide bonds. The highest BCUT2D eigenvalue weighted by atomic mass is 19.1. The quantitative estimate of drug-likeness (QED) is 0.0544. The second-order valence-electron chi connectivity index (χ2n) is 22.6. The third-order valence-electron chi connectivity index (χ3n) is 16.8. The Hall–Kier alpha value is -9.36. The van der Waals surface area contributed by atoms with Crippen LogP contribution in [0.3, 0.4) is 0 Å². The van der Waals surface area contributed by atoms with Crippen molar-refractivity contribution in [1.29, 1.82) is 0 Å². The molecule has 1 saturated heterocycles.